The average molecular weight is 179 g/mol. The van der Waals surface area contributed by atoms with Gasteiger partial charge in [0, 0.05) is 25.5 Å². The molecule has 2 rings (SSSR count). The Labute approximate surface area is 77.2 Å². The van der Waals surface area contributed by atoms with E-state index in [0.29, 0.717) is 12.6 Å². The van der Waals surface area contributed by atoms with E-state index in [0.717, 1.165) is 25.1 Å². The highest BCUT2D eigenvalue weighted by atomic mass is 16.1. The van der Waals surface area contributed by atoms with E-state index >= 15 is 0 Å². The minimum atomic E-state index is 0.467. The van der Waals surface area contributed by atoms with Crippen LogP contribution in [0.25, 0.3) is 0 Å². The van der Waals surface area contributed by atoms with Gasteiger partial charge in [-0.3, -0.25) is 4.79 Å². The van der Waals surface area contributed by atoms with E-state index in [9.17, 15) is 4.79 Å². The zero-order chi connectivity index (χ0) is 9.26. The molecule has 1 aliphatic carbocycles. The van der Waals surface area contributed by atoms with Crippen molar-refractivity contribution in [3.05, 3.63) is 18.2 Å². The van der Waals surface area contributed by atoms with Gasteiger partial charge in [0.1, 0.15) is 5.82 Å². The van der Waals surface area contributed by atoms with Crippen molar-refractivity contribution in [2.24, 2.45) is 7.05 Å². The van der Waals surface area contributed by atoms with Gasteiger partial charge >= 0.3 is 0 Å². The van der Waals surface area contributed by atoms with Crippen molar-refractivity contribution >= 4 is 6.41 Å². The number of aromatic nitrogens is 2. The van der Waals surface area contributed by atoms with E-state index in [1.54, 1.807) is 6.20 Å². The normalized spacial score (nSPS) is 15.8. The first-order chi connectivity index (χ1) is 6.31. The summed E-state index contributed by atoms with van der Waals surface area (Å²) in [4.78, 5) is 16.7. The van der Waals surface area contributed by atoms with Gasteiger partial charge in [0.15, 0.2) is 0 Å². The molecule has 0 spiro atoms. The molecule has 0 radical (unpaired) electrons. The standard InChI is InChI=1S/C9H13N3O/c1-11-5-4-10-9(11)6-12(7-13)8-2-3-8/h4-5,7-8H,2-3,6H2,1H3. The lowest BCUT2D eigenvalue weighted by atomic mass is 10.5. The first-order valence-electron chi connectivity index (χ1n) is 4.48. The molecular formula is C9H13N3O. The minimum Gasteiger partial charge on any atom is -0.337 e. The van der Waals surface area contributed by atoms with Gasteiger partial charge in [0.05, 0.1) is 6.54 Å². The summed E-state index contributed by atoms with van der Waals surface area (Å²) in [6.07, 6.45) is 6.86. The van der Waals surface area contributed by atoms with Crippen molar-refractivity contribution in [2.75, 3.05) is 0 Å². The van der Waals surface area contributed by atoms with Crippen LogP contribution in [0.2, 0.25) is 0 Å². The quantitative estimate of drug-likeness (QED) is 0.633. The lowest BCUT2D eigenvalue weighted by Gasteiger charge is -2.15. The largest absolute Gasteiger partial charge is 0.337 e. The molecule has 4 heteroatoms. The van der Waals surface area contributed by atoms with Crippen LogP contribution in [0.3, 0.4) is 0 Å². The maximum absolute atomic E-state index is 10.7. The molecule has 0 saturated heterocycles. The Morgan fingerprint density at radius 2 is 2.54 bits per heavy atom. The molecule has 1 amide bonds. The number of amides is 1. The summed E-state index contributed by atoms with van der Waals surface area (Å²) in [7, 11) is 1.94. The molecule has 0 unspecified atom stereocenters. The summed E-state index contributed by atoms with van der Waals surface area (Å²) in [5.41, 5.74) is 0. The highest BCUT2D eigenvalue weighted by molar-refractivity contribution is 5.48. The monoisotopic (exact) mass is 179 g/mol. The molecular weight excluding hydrogens is 166 g/mol. The number of carbonyl (C=O) groups excluding carboxylic acids is 1. The summed E-state index contributed by atoms with van der Waals surface area (Å²) in [6.45, 7) is 0.637. The van der Waals surface area contributed by atoms with Crippen molar-refractivity contribution in [1.29, 1.82) is 0 Å². The first kappa shape index (κ1) is 8.29. The Bertz CT molecular complexity index is 304. The molecule has 0 N–H and O–H groups in total. The Hall–Kier alpha value is -1.32. The molecule has 13 heavy (non-hydrogen) atoms. The summed E-state index contributed by atoms with van der Waals surface area (Å²) in [5, 5.41) is 0. The molecule has 70 valence electrons. The second-order valence-corrected chi connectivity index (χ2v) is 3.46. The van der Waals surface area contributed by atoms with Crippen LogP contribution in [0.5, 0.6) is 0 Å². The van der Waals surface area contributed by atoms with Crippen LogP contribution >= 0.6 is 0 Å². The van der Waals surface area contributed by atoms with Crippen molar-refractivity contribution in [2.45, 2.75) is 25.4 Å². The number of aryl methyl sites for hydroxylation is 1. The van der Waals surface area contributed by atoms with Crippen LogP contribution in [-0.4, -0.2) is 26.9 Å². The molecule has 0 atom stereocenters. The zero-order valence-corrected chi connectivity index (χ0v) is 7.68. The molecule has 0 aromatic carbocycles. The van der Waals surface area contributed by atoms with Crippen molar-refractivity contribution in [1.82, 2.24) is 14.5 Å². The maximum Gasteiger partial charge on any atom is 0.210 e. The van der Waals surface area contributed by atoms with Gasteiger partial charge in [-0.2, -0.15) is 0 Å². The Morgan fingerprint density at radius 1 is 1.77 bits per heavy atom. The van der Waals surface area contributed by atoms with Gasteiger partial charge in [0.2, 0.25) is 6.41 Å². The Morgan fingerprint density at radius 3 is 3.00 bits per heavy atom. The molecule has 1 aliphatic rings. The van der Waals surface area contributed by atoms with Crippen LogP contribution in [0, 0.1) is 0 Å². The zero-order valence-electron chi connectivity index (χ0n) is 7.68. The minimum absolute atomic E-state index is 0.467. The van der Waals surface area contributed by atoms with Gasteiger partial charge in [-0.15, -0.1) is 0 Å². The van der Waals surface area contributed by atoms with Crippen LogP contribution in [0.4, 0.5) is 0 Å². The predicted molar refractivity (Wildman–Crippen MR) is 47.8 cm³/mol. The fraction of sp³-hybridized carbons (Fsp3) is 0.556. The van der Waals surface area contributed by atoms with Crippen LogP contribution in [0.1, 0.15) is 18.7 Å². The average Bonchev–Trinajstić information content (AvgIpc) is 2.88. The third-order valence-electron chi connectivity index (χ3n) is 2.40. The van der Waals surface area contributed by atoms with Gasteiger partial charge in [0.25, 0.3) is 0 Å². The second-order valence-electron chi connectivity index (χ2n) is 3.46. The van der Waals surface area contributed by atoms with Crippen LogP contribution in [0.15, 0.2) is 12.4 Å². The number of imidazole rings is 1. The number of rotatable bonds is 4. The molecule has 1 fully saturated rings. The SMILES string of the molecule is Cn1ccnc1CN(C=O)C1CC1. The number of hydrogen-bond acceptors (Lipinski definition) is 2. The van der Waals surface area contributed by atoms with E-state index in [1.165, 1.54) is 0 Å². The van der Waals surface area contributed by atoms with E-state index in [2.05, 4.69) is 4.98 Å². The lowest BCUT2D eigenvalue weighted by Crippen LogP contribution is -2.25. The molecule has 1 aromatic rings. The van der Waals surface area contributed by atoms with Crippen LogP contribution in [-0.2, 0) is 18.4 Å². The highest BCUT2D eigenvalue weighted by Crippen LogP contribution is 2.26. The van der Waals surface area contributed by atoms with Crippen molar-refractivity contribution < 1.29 is 4.79 Å². The lowest BCUT2D eigenvalue weighted by molar-refractivity contribution is -0.119. The summed E-state index contributed by atoms with van der Waals surface area (Å²) in [5.74, 6) is 0.944. The number of hydrogen-bond donors (Lipinski definition) is 0. The summed E-state index contributed by atoms with van der Waals surface area (Å²) >= 11 is 0. The topological polar surface area (TPSA) is 38.1 Å². The number of nitrogens with zero attached hydrogens (tertiary/aromatic N) is 3. The van der Waals surface area contributed by atoms with Crippen LogP contribution < -0.4 is 0 Å². The molecule has 1 aromatic heterocycles. The van der Waals surface area contributed by atoms with E-state index in [4.69, 9.17) is 0 Å². The molecule has 1 saturated carbocycles. The molecule has 4 nitrogen and oxygen atoms in total. The van der Waals surface area contributed by atoms with Gasteiger partial charge in [-0.25, -0.2) is 4.98 Å². The first-order valence-corrected chi connectivity index (χ1v) is 4.48. The Kier molecular flexibility index (Phi) is 2.04. The smallest absolute Gasteiger partial charge is 0.210 e. The maximum atomic E-state index is 10.7. The fourth-order valence-electron chi connectivity index (χ4n) is 1.37. The third-order valence-corrected chi connectivity index (χ3v) is 2.40. The van der Waals surface area contributed by atoms with Gasteiger partial charge < -0.3 is 9.47 Å². The van der Waals surface area contributed by atoms with Crippen molar-refractivity contribution in [3.63, 3.8) is 0 Å². The molecule has 0 bridgehead atoms. The second kappa shape index (κ2) is 3.20. The predicted octanol–water partition coefficient (Wildman–Crippen LogP) is 0.541. The highest BCUT2D eigenvalue weighted by Gasteiger charge is 2.28. The van der Waals surface area contributed by atoms with E-state index < -0.39 is 0 Å². The van der Waals surface area contributed by atoms with Crippen molar-refractivity contribution in [3.8, 4) is 0 Å². The number of carbonyl (C=O) groups is 1. The Balaban J connectivity index is 2.03. The van der Waals surface area contributed by atoms with Gasteiger partial charge in [-0.1, -0.05) is 0 Å². The fourth-order valence-corrected chi connectivity index (χ4v) is 1.37. The summed E-state index contributed by atoms with van der Waals surface area (Å²) < 4.78 is 1.94. The van der Waals surface area contributed by atoms with Gasteiger partial charge in [-0.05, 0) is 12.8 Å². The van der Waals surface area contributed by atoms with E-state index in [1.807, 2.05) is 22.7 Å². The summed E-state index contributed by atoms with van der Waals surface area (Å²) in [6, 6.07) is 0.467. The molecule has 0 aliphatic heterocycles. The molecule has 1 heterocycles. The van der Waals surface area contributed by atoms with E-state index in [-0.39, 0.29) is 0 Å². The third kappa shape index (κ3) is 1.71.